The Kier molecular flexibility index (Phi) is 7.79. The molecule has 2 N–H and O–H groups in total. The van der Waals surface area contributed by atoms with Crippen LogP contribution in [0.15, 0.2) is 84.5 Å². The molecule has 1 aliphatic carbocycles. The molecule has 0 radical (unpaired) electrons. The maximum Gasteiger partial charge on any atom is 0.288 e. The summed E-state index contributed by atoms with van der Waals surface area (Å²) >= 11 is 5.97. The minimum absolute atomic E-state index is 0.0520. The number of aromatic amines is 1. The Balaban J connectivity index is 1.29. The highest BCUT2D eigenvalue weighted by molar-refractivity contribution is 6.32. The number of para-hydroxylation sites is 1. The van der Waals surface area contributed by atoms with Crippen molar-refractivity contribution in [3.8, 4) is 5.75 Å². The summed E-state index contributed by atoms with van der Waals surface area (Å²) in [5.41, 5.74) is 3.64. The molecule has 0 fully saturated rings. The van der Waals surface area contributed by atoms with Gasteiger partial charge in [-0.25, -0.2) is 0 Å². The van der Waals surface area contributed by atoms with Gasteiger partial charge in [0, 0.05) is 48.1 Å². The number of hydrogen-bond acceptors (Lipinski definition) is 5. The molecule has 1 aliphatic rings. The van der Waals surface area contributed by atoms with E-state index < -0.39 is 11.0 Å². The average Bonchev–Trinajstić information content (AvgIpc) is 3.28. The van der Waals surface area contributed by atoms with E-state index in [2.05, 4.69) is 53.2 Å². The molecule has 0 aliphatic heterocycles. The number of allylic oxidation sites excluding steroid dienone is 3. The van der Waals surface area contributed by atoms with Crippen LogP contribution in [0.3, 0.4) is 0 Å². The van der Waals surface area contributed by atoms with Gasteiger partial charge in [-0.2, -0.15) is 0 Å². The Labute approximate surface area is 226 Å². The van der Waals surface area contributed by atoms with E-state index in [1.54, 1.807) is 6.07 Å². The summed E-state index contributed by atoms with van der Waals surface area (Å²) in [6, 6.07) is 18.7. The zero-order chi connectivity index (χ0) is 26.6. The van der Waals surface area contributed by atoms with Crippen LogP contribution in [0.2, 0.25) is 5.02 Å². The molecule has 8 heteroatoms. The quantitative estimate of drug-likeness (QED) is 0.173. The standard InChI is InChI=1S/C30H30ClN3O4/c1-20-6-2-3-7-22(20)18-33(19-30(35)21-10-13-26(31)29(16-21)34(36)37)14-15-38-23-11-12-25-24-8-4-5-9-27(24)32-28(25)17-23/h2-5,7-13,16-17,20,30,32,35H,6,14-15,18-19H2,1H3/t20?,30-/m0/s1. The van der Waals surface area contributed by atoms with Gasteiger partial charge < -0.3 is 14.8 Å². The molecule has 0 bridgehead atoms. The van der Waals surface area contributed by atoms with Crippen LogP contribution in [0.25, 0.3) is 21.8 Å². The van der Waals surface area contributed by atoms with E-state index >= 15 is 0 Å². The van der Waals surface area contributed by atoms with Crippen LogP contribution in [0.1, 0.15) is 25.0 Å². The second-order valence-corrected chi connectivity index (χ2v) is 10.2. The smallest absolute Gasteiger partial charge is 0.288 e. The second kappa shape index (κ2) is 11.4. The number of nitro groups is 1. The van der Waals surface area contributed by atoms with Gasteiger partial charge in [-0.1, -0.05) is 66.6 Å². The average molecular weight is 532 g/mol. The summed E-state index contributed by atoms with van der Waals surface area (Å²) in [4.78, 5) is 16.4. The lowest BCUT2D eigenvalue weighted by Crippen LogP contribution is -2.35. The third-order valence-corrected chi connectivity index (χ3v) is 7.43. The number of aromatic nitrogens is 1. The third kappa shape index (κ3) is 5.75. The number of ether oxygens (including phenoxy) is 1. The molecule has 4 aromatic rings. The highest BCUT2D eigenvalue weighted by Gasteiger charge is 2.21. The van der Waals surface area contributed by atoms with Gasteiger partial charge in [-0.05, 0) is 42.2 Å². The Morgan fingerprint density at radius 1 is 1.16 bits per heavy atom. The highest BCUT2D eigenvalue weighted by Crippen LogP contribution is 2.30. The van der Waals surface area contributed by atoms with E-state index in [1.807, 2.05) is 24.3 Å². The van der Waals surface area contributed by atoms with E-state index in [1.165, 1.54) is 23.1 Å². The number of fused-ring (bicyclic) bond motifs is 3. The summed E-state index contributed by atoms with van der Waals surface area (Å²) in [5, 5.41) is 24.7. The van der Waals surface area contributed by atoms with Gasteiger partial charge in [-0.3, -0.25) is 15.0 Å². The first-order valence-corrected chi connectivity index (χ1v) is 13.1. The molecule has 1 heterocycles. The Bertz CT molecular complexity index is 1530. The number of H-pyrrole nitrogens is 1. The van der Waals surface area contributed by atoms with Gasteiger partial charge in [0.05, 0.1) is 16.5 Å². The van der Waals surface area contributed by atoms with E-state index in [0.717, 1.165) is 28.6 Å². The van der Waals surface area contributed by atoms with Gasteiger partial charge in [0.25, 0.3) is 5.69 Å². The lowest BCUT2D eigenvalue weighted by molar-refractivity contribution is -0.384. The van der Waals surface area contributed by atoms with Crippen molar-refractivity contribution in [1.29, 1.82) is 0 Å². The molecule has 0 saturated heterocycles. The van der Waals surface area contributed by atoms with E-state index in [9.17, 15) is 15.2 Å². The van der Waals surface area contributed by atoms with Crippen LogP contribution < -0.4 is 4.74 Å². The maximum absolute atomic E-state index is 11.3. The number of benzene rings is 3. The molecule has 1 aromatic heterocycles. The summed E-state index contributed by atoms with van der Waals surface area (Å²) in [6.07, 6.45) is 6.42. The minimum Gasteiger partial charge on any atom is -0.492 e. The number of nitro benzene ring substituents is 1. The van der Waals surface area contributed by atoms with Gasteiger partial charge >= 0.3 is 0 Å². The fourth-order valence-electron chi connectivity index (χ4n) is 4.93. The Morgan fingerprint density at radius 2 is 1.97 bits per heavy atom. The molecular weight excluding hydrogens is 502 g/mol. The van der Waals surface area contributed by atoms with E-state index in [-0.39, 0.29) is 10.7 Å². The molecule has 0 spiro atoms. The first-order valence-electron chi connectivity index (χ1n) is 12.7. The van der Waals surface area contributed by atoms with Crippen molar-refractivity contribution in [2.45, 2.75) is 19.4 Å². The summed E-state index contributed by atoms with van der Waals surface area (Å²) in [7, 11) is 0. The van der Waals surface area contributed by atoms with Crippen LogP contribution in [0.5, 0.6) is 5.75 Å². The van der Waals surface area contributed by atoms with Gasteiger partial charge in [-0.15, -0.1) is 0 Å². The topological polar surface area (TPSA) is 91.6 Å². The summed E-state index contributed by atoms with van der Waals surface area (Å²) in [6.45, 7) is 4.17. The van der Waals surface area contributed by atoms with Crippen LogP contribution in [0, 0.1) is 16.0 Å². The predicted molar refractivity (Wildman–Crippen MR) is 152 cm³/mol. The first-order chi connectivity index (χ1) is 18.4. The van der Waals surface area contributed by atoms with Crippen molar-refractivity contribution < 1.29 is 14.8 Å². The largest absolute Gasteiger partial charge is 0.492 e. The molecule has 7 nitrogen and oxygen atoms in total. The third-order valence-electron chi connectivity index (χ3n) is 7.11. The van der Waals surface area contributed by atoms with Crippen molar-refractivity contribution in [3.05, 3.63) is 105 Å². The number of nitrogens with zero attached hydrogens (tertiary/aromatic N) is 2. The van der Waals surface area contributed by atoms with E-state index in [4.69, 9.17) is 16.3 Å². The van der Waals surface area contributed by atoms with Crippen molar-refractivity contribution in [2.24, 2.45) is 5.92 Å². The van der Waals surface area contributed by atoms with Crippen LogP contribution in [-0.2, 0) is 0 Å². The van der Waals surface area contributed by atoms with Crippen LogP contribution in [0.4, 0.5) is 5.69 Å². The molecule has 0 amide bonds. The Hall–Kier alpha value is -3.65. The molecular formula is C30H30ClN3O4. The Morgan fingerprint density at radius 3 is 2.79 bits per heavy atom. The summed E-state index contributed by atoms with van der Waals surface area (Å²) < 4.78 is 6.13. The van der Waals surface area contributed by atoms with E-state index in [0.29, 0.717) is 37.7 Å². The van der Waals surface area contributed by atoms with Gasteiger partial charge in [0.15, 0.2) is 0 Å². The van der Waals surface area contributed by atoms with Crippen molar-refractivity contribution >= 4 is 39.1 Å². The lowest BCUT2D eigenvalue weighted by atomic mass is 9.93. The minimum atomic E-state index is -0.913. The van der Waals surface area contributed by atoms with Crippen molar-refractivity contribution in [3.63, 3.8) is 0 Å². The van der Waals surface area contributed by atoms with Gasteiger partial charge in [0.1, 0.15) is 17.4 Å². The monoisotopic (exact) mass is 531 g/mol. The molecule has 5 rings (SSSR count). The number of halogens is 1. The van der Waals surface area contributed by atoms with Crippen LogP contribution in [-0.4, -0.2) is 46.2 Å². The van der Waals surface area contributed by atoms with Crippen LogP contribution >= 0.6 is 11.6 Å². The van der Waals surface area contributed by atoms with Crippen molar-refractivity contribution in [1.82, 2.24) is 9.88 Å². The number of aliphatic hydroxyl groups excluding tert-OH is 1. The number of rotatable bonds is 10. The summed E-state index contributed by atoms with van der Waals surface area (Å²) in [5.74, 6) is 1.17. The SMILES string of the molecule is CC1CC=CC=C1CN(CCOc1ccc2c(c1)[nH]c1ccccc12)C[C@H](O)c1ccc(Cl)c([N+](=O)[O-])c1. The molecule has 0 saturated carbocycles. The zero-order valence-corrected chi connectivity index (χ0v) is 21.9. The number of hydrogen-bond donors (Lipinski definition) is 2. The first kappa shape index (κ1) is 26.0. The molecule has 2 atom stereocenters. The molecule has 3 aromatic carbocycles. The fraction of sp³-hybridized carbons (Fsp3) is 0.267. The normalized spacial score (nSPS) is 16.2. The predicted octanol–water partition coefficient (Wildman–Crippen LogP) is 6.82. The zero-order valence-electron chi connectivity index (χ0n) is 21.1. The van der Waals surface area contributed by atoms with Crippen molar-refractivity contribution in [2.75, 3.05) is 26.2 Å². The molecule has 196 valence electrons. The number of aliphatic hydroxyl groups is 1. The number of nitrogens with one attached hydrogen (secondary N) is 1. The second-order valence-electron chi connectivity index (χ2n) is 9.75. The fourth-order valence-corrected chi connectivity index (χ4v) is 5.12. The molecule has 38 heavy (non-hydrogen) atoms. The molecule has 1 unspecified atom stereocenters. The van der Waals surface area contributed by atoms with Gasteiger partial charge in [0.2, 0.25) is 0 Å². The highest BCUT2D eigenvalue weighted by atomic mass is 35.5. The lowest BCUT2D eigenvalue weighted by Gasteiger charge is -2.29. The maximum atomic E-state index is 11.3.